The van der Waals surface area contributed by atoms with E-state index in [0.717, 1.165) is 43.2 Å². The molecule has 2 bridgehead atoms. The molecule has 3 amide bonds. The van der Waals surface area contributed by atoms with Gasteiger partial charge in [0.25, 0.3) is 0 Å². The summed E-state index contributed by atoms with van der Waals surface area (Å²) in [6, 6.07) is 19.0. The third-order valence-corrected chi connectivity index (χ3v) is 10.8. The van der Waals surface area contributed by atoms with Gasteiger partial charge in [0.1, 0.15) is 6.04 Å². The van der Waals surface area contributed by atoms with Crippen molar-refractivity contribution < 1.29 is 19.5 Å². The highest BCUT2D eigenvalue weighted by Gasteiger charge is 2.75. The van der Waals surface area contributed by atoms with Crippen LogP contribution in [0.15, 0.2) is 60.7 Å². The van der Waals surface area contributed by atoms with Gasteiger partial charge in [-0.3, -0.25) is 14.4 Å². The van der Waals surface area contributed by atoms with Gasteiger partial charge < -0.3 is 20.6 Å². The molecule has 0 saturated carbocycles. The number of fused-ring (bicyclic) bond motifs is 1. The van der Waals surface area contributed by atoms with Crippen LogP contribution in [0.1, 0.15) is 50.2 Å². The van der Waals surface area contributed by atoms with Gasteiger partial charge in [-0.25, -0.2) is 0 Å². The van der Waals surface area contributed by atoms with Gasteiger partial charge in [-0.05, 0) is 36.3 Å². The molecule has 3 aliphatic rings. The van der Waals surface area contributed by atoms with Gasteiger partial charge >= 0.3 is 0 Å². The number of thioether (sulfide) groups is 1. The number of nitrogens with one attached hydrogen (secondary N) is 2. The molecule has 0 aliphatic carbocycles. The second-order valence-electron chi connectivity index (χ2n) is 11.1. The summed E-state index contributed by atoms with van der Waals surface area (Å²) in [5.41, 5.74) is 2.03. The van der Waals surface area contributed by atoms with E-state index in [1.807, 2.05) is 60.7 Å². The van der Waals surface area contributed by atoms with Gasteiger partial charge in [-0.2, -0.15) is 0 Å². The lowest BCUT2D eigenvalue weighted by atomic mass is 9.66. The minimum absolute atomic E-state index is 0.0286. The maximum Gasteiger partial charge on any atom is 0.244 e. The lowest BCUT2D eigenvalue weighted by Crippen LogP contribution is -2.56. The van der Waals surface area contributed by atoms with Crippen molar-refractivity contribution in [2.45, 2.75) is 68.2 Å². The number of rotatable bonds is 12. The molecule has 0 radical (unpaired) electrons. The average Bonchev–Trinajstić information content (AvgIpc) is 3.55. The molecule has 3 saturated heterocycles. The number of nitrogens with zero attached hydrogens (tertiary/aromatic N) is 1. The lowest BCUT2D eigenvalue weighted by molar-refractivity contribution is -0.140. The zero-order chi connectivity index (χ0) is 27.4. The summed E-state index contributed by atoms with van der Waals surface area (Å²) in [4.78, 5) is 43.4. The molecule has 3 aliphatic heterocycles. The molecule has 3 unspecified atom stereocenters. The summed E-state index contributed by atoms with van der Waals surface area (Å²) in [6.07, 6.45) is 4.09. The summed E-state index contributed by atoms with van der Waals surface area (Å²) >= 11 is 1.71. The first-order chi connectivity index (χ1) is 19.0. The second kappa shape index (κ2) is 12.1. The maximum absolute atomic E-state index is 14.1. The number of benzene rings is 2. The van der Waals surface area contributed by atoms with Gasteiger partial charge in [0, 0.05) is 31.5 Å². The topological polar surface area (TPSA) is 98.7 Å². The molecule has 1 spiro atoms. The number of amides is 3. The van der Waals surface area contributed by atoms with Crippen LogP contribution in [0, 0.1) is 17.8 Å². The van der Waals surface area contributed by atoms with Crippen molar-refractivity contribution in [3.05, 3.63) is 71.8 Å². The Bertz CT molecular complexity index is 1160. The summed E-state index contributed by atoms with van der Waals surface area (Å²) in [5, 5.41) is 15.4. The number of aliphatic hydroxyl groups excluding tert-OH is 1. The molecule has 3 heterocycles. The summed E-state index contributed by atoms with van der Waals surface area (Å²) < 4.78 is -0.609. The maximum atomic E-state index is 14.1. The van der Waals surface area contributed by atoms with Crippen LogP contribution < -0.4 is 10.6 Å². The number of aliphatic hydroxyl groups is 1. The molecule has 3 N–H and O–H groups in total. The van der Waals surface area contributed by atoms with Crippen molar-refractivity contribution in [1.29, 1.82) is 0 Å². The van der Waals surface area contributed by atoms with E-state index in [0.29, 0.717) is 19.6 Å². The van der Waals surface area contributed by atoms with Crippen molar-refractivity contribution in [3.8, 4) is 0 Å². The molecule has 208 valence electrons. The number of hydrogen-bond acceptors (Lipinski definition) is 5. The molecule has 8 heteroatoms. The van der Waals surface area contributed by atoms with Crippen molar-refractivity contribution in [2.75, 3.05) is 13.2 Å². The van der Waals surface area contributed by atoms with Crippen molar-refractivity contribution in [1.82, 2.24) is 15.5 Å². The van der Waals surface area contributed by atoms with Crippen LogP contribution in [0.25, 0.3) is 0 Å². The zero-order valence-corrected chi connectivity index (χ0v) is 23.4. The number of likely N-dealkylation sites (tertiary alicyclic amines) is 1. The molecular weight excluding hydrogens is 510 g/mol. The van der Waals surface area contributed by atoms with E-state index >= 15 is 0 Å². The monoisotopic (exact) mass is 549 g/mol. The second-order valence-corrected chi connectivity index (χ2v) is 12.7. The Morgan fingerprint density at radius 1 is 0.923 bits per heavy atom. The van der Waals surface area contributed by atoms with E-state index < -0.39 is 22.6 Å². The third kappa shape index (κ3) is 5.33. The Morgan fingerprint density at radius 3 is 2.13 bits per heavy atom. The molecule has 3 fully saturated rings. The van der Waals surface area contributed by atoms with Crippen LogP contribution in [0.3, 0.4) is 0 Å². The van der Waals surface area contributed by atoms with Crippen molar-refractivity contribution >= 4 is 29.5 Å². The molecule has 39 heavy (non-hydrogen) atoms. The Balaban J connectivity index is 1.38. The Kier molecular flexibility index (Phi) is 8.62. The van der Waals surface area contributed by atoms with Gasteiger partial charge in [-0.15, -0.1) is 11.8 Å². The van der Waals surface area contributed by atoms with Crippen LogP contribution in [-0.4, -0.2) is 56.9 Å². The van der Waals surface area contributed by atoms with Gasteiger partial charge in [-0.1, -0.05) is 80.4 Å². The normalized spacial score (nSPS) is 28.9. The van der Waals surface area contributed by atoms with E-state index in [1.54, 1.807) is 16.7 Å². The summed E-state index contributed by atoms with van der Waals surface area (Å²) in [7, 11) is 0. The Hall–Kier alpha value is -2.84. The highest BCUT2D eigenvalue weighted by atomic mass is 32.2. The largest absolute Gasteiger partial charge is 0.396 e. The number of carbonyl (C=O) groups excluding carboxylic acids is 3. The van der Waals surface area contributed by atoms with Gasteiger partial charge in [0.2, 0.25) is 17.7 Å². The van der Waals surface area contributed by atoms with E-state index in [1.165, 1.54) is 0 Å². The fourth-order valence-corrected chi connectivity index (χ4v) is 9.31. The fourth-order valence-electron chi connectivity index (χ4n) is 6.89. The number of unbranched alkanes of at least 4 members (excludes halogenated alkanes) is 3. The highest BCUT2D eigenvalue weighted by molar-refractivity contribution is 8.02. The van der Waals surface area contributed by atoms with Gasteiger partial charge in [0.15, 0.2) is 0 Å². The van der Waals surface area contributed by atoms with Crippen LogP contribution in [0.4, 0.5) is 0 Å². The zero-order valence-electron chi connectivity index (χ0n) is 22.6. The molecule has 2 aromatic rings. The van der Waals surface area contributed by atoms with E-state index in [4.69, 9.17) is 5.11 Å². The van der Waals surface area contributed by atoms with Gasteiger partial charge in [0.05, 0.1) is 16.6 Å². The predicted molar refractivity (Wildman–Crippen MR) is 153 cm³/mol. The van der Waals surface area contributed by atoms with E-state index in [9.17, 15) is 14.4 Å². The number of hydrogen-bond donors (Lipinski definition) is 3. The first-order valence-electron chi connectivity index (χ1n) is 14.2. The fraction of sp³-hybridized carbons (Fsp3) is 0.516. The Labute approximate surface area is 235 Å². The van der Waals surface area contributed by atoms with E-state index in [2.05, 4.69) is 17.6 Å². The lowest BCUT2D eigenvalue weighted by Gasteiger charge is -2.38. The average molecular weight is 550 g/mol. The Morgan fingerprint density at radius 2 is 1.51 bits per heavy atom. The van der Waals surface area contributed by atoms with Crippen LogP contribution >= 0.6 is 11.8 Å². The quantitative estimate of drug-likeness (QED) is 0.352. The number of carbonyl (C=O) groups is 3. The van der Waals surface area contributed by atoms with E-state index in [-0.39, 0.29) is 35.5 Å². The minimum Gasteiger partial charge on any atom is -0.396 e. The van der Waals surface area contributed by atoms with Crippen molar-refractivity contribution in [2.24, 2.45) is 17.8 Å². The molecule has 6 atom stereocenters. The van der Waals surface area contributed by atoms with Crippen LogP contribution in [-0.2, 0) is 27.5 Å². The van der Waals surface area contributed by atoms with Crippen molar-refractivity contribution in [3.63, 3.8) is 0 Å². The summed E-state index contributed by atoms with van der Waals surface area (Å²) in [6.45, 7) is 3.62. The molecule has 0 aromatic heterocycles. The third-order valence-electron chi connectivity index (χ3n) is 8.72. The molecule has 2 aromatic carbocycles. The molecule has 7 nitrogen and oxygen atoms in total. The molecular formula is C31H39N3O4S. The first-order valence-corrected chi connectivity index (χ1v) is 15.1. The minimum atomic E-state index is -0.609. The highest BCUT2D eigenvalue weighted by Crippen LogP contribution is 2.68. The standard InChI is InChI=1S/C31H39N3O4S/c1-21-18-24-25(28(36)32-19-22-12-6-4-7-13-22)26-30(38)34(16-10-2-3-11-17-35)27(31(21,26)39-24)29(37)33-20-23-14-8-5-9-15-23/h4-9,12-15,21,24-27,35H,2-3,10-11,16-20H2,1H3,(H,32,36)(H,33,37)/t21?,24-,25+,26-,27?,31?/m0/s1. The van der Waals surface area contributed by atoms with Crippen LogP contribution in [0.5, 0.6) is 0 Å². The SMILES string of the molecule is CC1C[C@@H]2SC13C(C(=O)NCc1ccccc1)N(CCCCCCO)C(=O)[C@@H]3[C@@H]2C(=O)NCc1ccccc1. The van der Waals surface area contributed by atoms with Crippen LogP contribution in [0.2, 0.25) is 0 Å². The smallest absolute Gasteiger partial charge is 0.244 e. The first kappa shape index (κ1) is 27.7. The molecule has 5 rings (SSSR count). The summed E-state index contributed by atoms with van der Waals surface area (Å²) in [5.74, 6) is -1.07. The predicted octanol–water partition coefficient (Wildman–Crippen LogP) is 3.51.